The number of rotatable bonds is 5. The second kappa shape index (κ2) is 6.79. The Morgan fingerprint density at radius 3 is 2.96 bits per heavy atom. The van der Waals surface area contributed by atoms with Crippen LogP contribution in [0.4, 0.5) is 17.3 Å². The molecule has 1 aromatic heterocycles. The molecule has 0 amide bonds. The van der Waals surface area contributed by atoms with Crippen LogP contribution in [-0.4, -0.2) is 58.1 Å². The summed E-state index contributed by atoms with van der Waals surface area (Å²) in [6.07, 6.45) is 1.45. The molecule has 0 atom stereocenters. The number of nitro groups is 1. The number of hydrogen-bond acceptors (Lipinski definition) is 9. The smallest absolute Gasteiger partial charge is 0.293 e. The molecule has 2 heterocycles. The van der Waals surface area contributed by atoms with Gasteiger partial charge in [0.05, 0.1) is 24.4 Å². The minimum atomic E-state index is -0.394. The molecule has 1 saturated heterocycles. The number of benzene rings is 1. The second-order valence-electron chi connectivity index (χ2n) is 4.71. The minimum absolute atomic E-state index is 0.0374. The third kappa shape index (κ3) is 3.58. The van der Waals surface area contributed by atoms with Crippen LogP contribution < -0.4 is 10.3 Å². The molecule has 0 bridgehead atoms. The molecule has 2 aromatic rings. The van der Waals surface area contributed by atoms with Crippen LogP contribution in [-0.2, 0) is 4.74 Å². The van der Waals surface area contributed by atoms with Crippen molar-refractivity contribution in [1.29, 1.82) is 0 Å². The third-order valence-electron chi connectivity index (χ3n) is 3.27. The van der Waals surface area contributed by atoms with Crippen molar-refractivity contribution in [2.75, 3.05) is 36.6 Å². The SMILES string of the molecule is O=[N+]([O-])c1cc(C=NNc2nn[nH]n2)ccc1N1CCOCC1. The van der Waals surface area contributed by atoms with Crippen molar-refractivity contribution in [3.05, 3.63) is 33.9 Å². The first-order valence-corrected chi connectivity index (χ1v) is 6.88. The fraction of sp³-hybridized carbons (Fsp3) is 0.333. The normalized spacial score (nSPS) is 15.0. The Morgan fingerprint density at radius 2 is 2.26 bits per heavy atom. The van der Waals surface area contributed by atoms with Crippen molar-refractivity contribution >= 4 is 23.5 Å². The van der Waals surface area contributed by atoms with Gasteiger partial charge in [-0.3, -0.25) is 10.1 Å². The van der Waals surface area contributed by atoms with Crippen LogP contribution in [0.3, 0.4) is 0 Å². The lowest BCUT2D eigenvalue weighted by Crippen LogP contribution is -2.36. The number of tetrazole rings is 1. The van der Waals surface area contributed by atoms with Gasteiger partial charge in [-0.15, -0.1) is 5.10 Å². The molecule has 1 aliphatic heterocycles. The zero-order valence-electron chi connectivity index (χ0n) is 12.0. The zero-order valence-corrected chi connectivity index (χ0v) is 12.0. The van der Waals surface area contributed by atoms with Crippen LogP contribution in [0.2, 0.25) is 0 Å². The predicted octanol–water partition coefficient (Wildman–Crippen LogP) is 0.390. The molecule has 0 aliphatic carbocycles. The number of aromatic amines is 1. The summed E-state index contributed by atoms with van der Waals surface area (Å²) in [4.78, 5) is 12.9. The molecule has 1 aliphatic rings. The number of nitro benzene ring substituents is 1. The van der Waals surface area contributed by atoms with Crippen molar-refractivity contribution in [1.82, 2.24) is 20.6 Å². The lowest BCUT2D eigenvalue weighted by atomic mass is 10.1. The van der Waals surface area contributed by atoms with E-state index in [1.807, 2.05) is 4.90 Å². The van der Waals surface area contributed by atoms with Crippen LogP contribution in [0.5, 0.6) is 0 Å². The first kappa shape index (κ1) is 14.8. The van der Waals surface area contributed by atoms with Gasteiger partial charge in [0.25, 0.3) is 11.6 Å². The molecule has 11 nitrogen and oxygen atoms in total. The first-order valence-electron chi connectivity index (χ1n) is 6.88. The van der Waals surface area contributed by atoms with E-state index in [0.29, 0.717) is 37.6 Å². The monoisotopic (exact) mass is 318 g/mol. The molecule has 23 heavy (non-hydrogen) atoms. The number of nitrogens with one attached hydrogen (secondary N) is 2. The Bertz CT molecular complexity index is 696. The Hall–Kier alpha value is -3.08. The number of hydrogen-bond donors (Lipinski definition) is 2. The fourth-order valence-corrected chi connectivity index (χ4v) is 2.21. The molecule has 0 spiro atoms. The number of H-pyrrole nitrogens is 1. The maximum atomic E-state index is 11.3. The summed E-state index contributed by atoms with van der Waals surface area (Å²) in [5.41, 5.74) is 3.77. The topological polar surface area (TPSA) is 134 Å². The lowest BCUT2D eigenvalue weighted by molar-refractivity contribution is -0.384. The standard InChI is InChI=1S/C12H14N8O3/c21-20(22)11-7-9(8-13-14-12-15-17-18-16-12)1-2-10(11)19-3-5-23-6-4-19/h1-2,7-8H,3-6H2,(H2,14,15,16,17,18). The summed E-state index contributed by atoms with van der Waals surface area (Å²) in [6.45, 7) is 2.39. The summed E-state index contributed by atoms with van der Waals surface area (Å²) in [7, 11) is 0. The molecule has 0 radical (unpaired) electrons. The van der Waals surface area contributed by atoms with Crippen LogP contribution in [0.25, 0.3) is 0 Å². The molecule has 0 saturated carbocycles. The number of aromatic nitrogens is 4. The van der Waals surface area contributed by atoms with E-state index < -0.39 is 4.92 Å². The van der Waals surface area contributed by atoms with Gasteiger partial charge in [0, 0.05) is 24.7 Å². The summed E-state index contributed by atoms with van der Waals surface area (Å²) in [6, 6.07) is 4.96. The van der Waals surface area contributed by atoms with Gasteiger partial charge >= 0.3 is 0 Å². The van der Waals surface area contributed by atoms with E-state index in [0.717, 1.165) is 0 Å². The van der Waals surface area contributed by atoms with E-state index >= 15 is 0 Å². The van der Waals surface area contributed by atoms with Crippen molar-refractivity contribution in [3.63, 3.8) is 0 Å². The van der Waals surface area contributed by atoms with Crippen molar-refractivity contribution in [3.8, 4) is 0 Å². The molecule has 120 valence electrons. The Balaban J connectivity index is 1.78. The van der Waals surface area contributed by atoms with Crippen molar-refractivity contribution in [2.24, 2.45) is 5.10 Å². The highest BCUT2D eigenvalue weighted by Crippen LogP contribution is 2.29. The summed E-state index contributed by atoms with van der Waals surface area (Å²) in [5.74, 6) is 0.209. The molecule has 11 heteroatoms. The van der Waals surface area contributed by atoms with Gasteiger partial charge < -0.3 is 9.64 Å². The molecule has 1 aromatic carbocycles. The average molecular weight is 318 g/mol. The Kier molecular flexibility index (Phi) is 4.38. The van der Waals surface area contributed by atoms with Gasteiger partial charge in [0.1, 0.15) is 5.69 Å². The van der Waals surface area contributed by atoms with Crippen LogP contribution >= 0.6 is 0 Å². The van der Waals surface area contributed by atoms with Gasteiger partial charge in [-0.25, -0.2) is 5.43 Å². The number of ether oxygens (including phenoxy) is 1. The minimum Gasteiger partial charge on any atom is -0.378 e. The highest BCUT2D eigenvalue weighted by Gasteiger charge is 2.21. The quantitative estimate of drug-likeness (QED) is 0.459. The van der Waals surface area contributed by atoms with E-state index in [4.69, 9.17) is 4.74 Å². The highest BCUT2D eigenvalue weighted by molar-refractivity contribution is 5.83. The molecular weight excluding hydrogens is 304 g/mol. The maximum absolute atomic E-state index is 11.3. The maximum Gasteiger partial charge on any atom is 0.293 e. The molecule has 1 fully saturated rings. The van der Waals surface area contributed by atoms with E-state index in [1.54, 1.807) is 12.1 Å². The third-order valence-corrected chi connectivity index (χ3v) is 3.27. The largest absolute Gasteiger partial charge is 0.378 e. The predicted molar refractivity (Wildman–Crippen MR) is 81.5 cm³/mol. The van der Waals surface area contributed by atoms with Gasteiger partial charge in [-0.1, -0.05) is 11.2 Å². The number of anilines is 2. The van der Waals surface area contributed by atoms with Gasteiger partial charge in [0.2, 0.25) is 0 Å². The van der Waals surface area contributed by atoms with Crippen molar-refractivity contribution in [2.45, 2.75) is 0 Å². The van der Waals surface area contributed by atoms with E-state index in [2.05, 4.69) is 31.2 Å². The Morgan fingerprint density at radius 1 is 1.43 bits per heavy atom. The van der Waals surface area contributed by atoms with Gasteiger partial charge in [0.15, 0.2) is 0 Å². The first-order chi connectivity index (χ1) is 11.2. The highest BCUT2D eigenvalue weighted by atomic mass is 16.6. The molecule has 2 N–H and O–H groups in total. The summed E-state index contributed by atoms with van der Waals surface area (Å²) < 4.78 is 5.27. The van der Waals surface area contributed by atoms with Crippen LogP contribution in [0.1, 0.15) is 5.56 Å². The van der Waals surface area contributed by atoms with Crippen LogP contribution in [0, 0.1) is 10.1 Å². The summed E-state index contributed by atoms with van der Waals surface area (Å²) in [5, 5.41) is 28.2. The number of hydrazone groups is 1. The molecule has 0 unspecified atom stereocenters. The number of nitrogens with zero attached hydrogens (tertiary/aromatic N) is 6. The zero-order chi connectivity index (χ0) is 16.1. The van der Waals surface area contributed by atoms with E-state index in [9.17, 15) is 10.1 Å². The molecular formula is C12H14N8O3. The summed E-state index contributed by atoms with van der Waals surface area (Å²) >= 11 is 0. The lowest BCUT2D eigenvalue weighted by Gasteiger charge is -2.28. The Labute approximate surface area is 130 Å². The second-order valence-corrected chi connectivity index (χ2v) is 4.71. The van der Waals surface area contributed by atoms with Crippen molar-refractivity contribution < 1.29 is 9.66 Å². The van der Waals surface area contributed by atoms with Gasteiger partial charge in [-0.2, -0.15) is 10.3 Å². The molecule has 3 rings (SSSR count). The van der Waals surface area contributed by atoms with Gasteiger partial charge in [-0.05, 0) is 11.3 Å². The van der Waals surface area contributed by atoms with E-state index in [-0.39, 0.29) is 11.6 Å². The fourth-order valence-electron chi connectivity index (χ4n) is 2.21. The average Bonchev–Trinajstić information content (AvgIpc) is 3.09. The van der Waals surface area contributed by atoms with E-state index in [1.165, 1.54) is 12.3 Å². The van der Waals surface area contributed by atoms with Crippen LogP contribution in [0.15, 0.2) is 23.3 Å². The number of morpholine rings is 1.